The van der Waals surface area contributed by atoms with Crippen molar-refractivity contribution in [2.75, 3.05) is 39.8 Å². The van der Waals surface area contributed by atoms with Gasteiger partial charge in [0.05, 0.1) is 0 Å². The number of carboxylic acids is 1. The maximum absolute atomic E-state index is 12.9. The highest BCUT2D eigenvalue weighted by molar-refractivity contribution is 5.93. The molecule has 142 valence electrons. The molecule has 1 N–H and O–H groups in total. The van der Waals surface area contributed by atoms with Crippen LogP contribution in [0, 0.1) is 0 Å². The third kappa shape index (κ3) is 3.46. The Morgan fingerprint density at radius 2 is 1.96 bits per heavy atom. The lowest BCUT2D eigenvalue weighted by atomic mass is 9.86. The van der Waals surface area contributed by atoms with Gasteiger partial charge in [0, 0.05) is 51.4 Å². The number of likely N-dealkylation sites (N-methyl/N-ethyl adjacent to an activating group) is 1. The lowest BCUT2D eigenvalue weighted by Gasteiger charge is -2.49. The Bertz CT molecular complexity index is 716. The number of likely N-dealkylation sites (tertiary alicyclic amines) is 1. The highest BCUT2D eigenvalue weighted by Gasteiger charge is 2.43. The summed E-state index contributed by atoms with van der Waals surface area (Å²) in [5.74, 6) is -1.11. The summed E-state index contributed by atoms with van der Waals surface area (Å²) in [6.45, 7) is 2.09. The standard InChI is InChI=1S/C18H26N4O4/c1-19-8-3-4-14(19)17(26)22-11-10-20(2)18(13-22)6-5-15(23)21(9-7-18)12-16(24)25/h3-4,8H,5-7,9-13H2,1-2H3,(H,24,25)/t18-/m0/s1. The number of carbonyl (C=O) groups is 3. The van der Waals surface area contributed by atoms with Gasteiger partial charge >= 0.3 is 5.97 Å². The van der Waals surface area contributed by atoms with Gasteiger partial charge in [-0.1, -0.05) is 0 Å². The van der Waals surface area contributed by atoms with Gasteiger partial charge in [0.1, 0.15) is 12.2 Å². The van der Waals surface area contributed by atoms with Gasteiger partial charge in [-0.3, -0.25) is 19.3 Å². The molecule has 2 amide bonds. The summed E-state index contributed by atoms with van der Waals surface area (Å²) in [6, 6.07) is 3.67. The van der Waals surface area contributed by atoms with Crippen molar-refractivity contribution < 1.29 is 19.5 Å². The average molecular weight is 362 g/mol. The summed E-state index contributed by atoms with van der Waals surface area (Å²) < 4.78 is 1.82. The zero-order valence-electron chi connectivity index (χ0n) is 15.3. The molecule has 1 atom stereocenters. The van der Waals surface area contributed by atoms with Gasteiger partial charge in [-0.05, 0) is 32.0 Å². The predicted octanol–water partition coefficient (Wildman–Crippen LogP) is 0.249. The van der Waals surface area contributed by atoms with Crippen molar-refractivity contribution in [3.8, 4) is 0 Å². The van der Waals surface area contributed by atoms with E-state index in [2.05, 4.69) is 4.90 Å². The first-order valence-electron chi connectivity index (χ1n) is 8.94. The van der Waals surface area contributed by atoms with E-state index in [4.69, 9.17) is 5.11 Å². The van der Waals surface area contributed by atoms with Crippen molar-refractivity contribution >= 4 is 17.8 Å². The molecule has 1 aromatic heterocycles. The molecule has 2 aliphatic rings. The summed E-state index contributed by atoms with van der Waals surface area (Å²) in [6.07, 6.45) is 3.46. The molecular formula is C18H26N4O4. The topological polar surface area (TPSA) is 86.1 Å². The molecule has 2 aliphatic heterocycles. The molecule has 1 spiro atoms. The van der Waals surface area contributed by atoms with Gasteiger partial charge in [0.2, 0.25) is 5.91 Å². The Hall–Kier alpha value is -2.35. The van der Waals surface area contributed by atoms with Crippen molar-refractivity contribution in [1.29, 1.82) is 0 Å². The molecule has 0 saturated carbocycles. The summed E-state index contributed by atoms with van der Waals surface area (Å²) in [5, 5.41) is 9.02. The highest BCUT2D eigenvalue weighted by atomic mass is 16.4. The second-order valence-electron chi connectivity index (χ2n) is 7.34. The summed E-state index contributed by atoms with van der Waals surface area (Å²) >= 11 is 0. The minimum absolute atomic E-state index is 0.00272. The number of carbonyl (C=O) groups excluding carboxylic acids is 2. The number of hydrogen-bond acceptors (Lipinski definition) is 4. The molecule has 0 unspecified atom stereocenters. The van der Waals surface area contributed by atoms with Gasteiger partial charge < -0.3 is 19.5 Å². The van der Waals surface area contributed by atoms with E-state index < -0.39 is 5.97 Å². The predicted molar refractivity (Wildman–Crippen MR) is 94.7 cm³/mol. The lowest BCUT2D eigenvalue weighted by Crippen LogP contribution is -2.62. The number of amides is 2. The first-order chi connectivity index (χ1) is 12.3. The fraction of sp³-hybridized carbons (Fsp3) is 0.611. The van der Waals surface area contributed by atoms with Gasteiger partial charge in [0.25, 0.3) is 5.91 Å². The van der Waals surface area contributed by atoms with Gasteiger partial charge in [-0.2, -0.15) is 0 Å². The normalized spacial score (nSPS) is 24.8. The van der Waals surface area contributed by atoms with E-state index in [9.17, 15) is 14.4 Å². The van der Waals surface area contributed by atoms with E-state index in [0.717, 1.165) is 6.54 Å². The van der Waals surface area contributed by atoms with E-state index in [0.29, 0.717) is 44.6 Å². The molecule has 0 aromatic carbocycles. The Kier molecular flexibility index (Phi) is 5.04. The van der Waals surface area contributed by atoms with Gasteiger partial charge in [0.15, 0.2) is 0 Å². The monoisotopic (exact) mass is 362 g/mol. The van der Waals surface area contributed by atoms with Crippen molar-refractivity contribution in [1.82, 2.24) is 19.3 Å². The second kappa shape index (κ2) is 7.11. The van der Waals surface area contributed by atoms with Crippen molar-refractivity contribution in [2.45, 2.75) is 24.8 Å². The van der Waals surface area contributed by atoms with Crippen LogP contribution in [0.4, 0.5) is 0 Å². The molecule has 0 radical (unpaired) electrons. The smallest absolute Gasteiger partial charge is 0.323 e. The van der Waals surface area contributed by atoms with E-state index >= 15 is 0 Å². The number of carboxylic acid groups (broad SMARTS) is 1. The molecule has 8 nitrogen and oxygen atoms in total. The van der Waals surface area contributed by atoms with E-state index in [1.54, 1.807) is 0 Å². The molecule has 0 aliphatic carbocycles. The number of aryl methyl sites for hydroxylation is 1. The van der Waals surface area contributed by atoms with Crippen molar-refractivity contribution in [3.63, 3.8) is 0 Å². The molecule has 2 fully saturated rings. The molecular weight excluding hydrogens is 336 g/mol. The zero-order chi connectivity index (χ0) is 18.9. The van der Waals surface area contributed by atoms with Crippen LogP contribution < -0.4 is 0 Å². The highest BCUT2D eigenvalue weighted by Crippen LogP contribution is 2.32. The number of aliphatic carboxylic acids is 1. The van der Waals surface area contributed by atoms with Crippen LogP contribution in [0.3, 0.4) is 0 Å². The zero-order valence-corrected chi connectivity index (χ0v) is 15.3. The van der Waals surface area contributed by atoms with Crippen LogP contribution in [0.15, 0.2) is 18.3 Å². The fourth-order valence-corrected chi connectivity index (χ4v) is 4.04. The van der Waals surface area contributed by atoms with E-state index in [1.807, 2.05) is 41.9 Å². The van der Waals surface area contributed by atoms with E-state index in [-0.39, 0.29) is 23.9 Å². The van der Waals surface area contributed by atoms with Crippen LogP contribution >= 0.6 is 0 Å². The van der Waals surface area contributed by atoms with Crippen LogP contribution in [0.25, 0.3) is 0 Å². The van der Waals surface area contributed by atoms with Crippen LogP contribution in [0.5, 0.6) is 0 Å². The number of rotatable bonds is 3. The number of aromatic nitrogens is 1. The number of piperazine rings is 1. The average Bonchev–Trinajstić information content (AvgIpc) is 2.97. The quantitative estimate of drug-likeness (QED) is 0.833. The number of nitrogens with zero attached hydrogens (tertiary/aromatic N) is 4. The first kappa shape index (κ1) is 18.4. The molecule has 26 heavy (non-hydrogen) atoms. The Morgan fingerprint density at radius 1 is 1.19 bits per heavy atom. The molecule has 3 rings (SSSR count). The summed E-state index contributed by atoms with van der Waals surface area (Å²) in [4.78, 5) is 41.7. The SMILES string of the molecule is CN1CCN(C(=O)c2cccn2C)C[C@@]12CCC(=O)N(CC(=O)O)CC2. The summed E-state index contributed by atoms with van der Waals surface area (Å²) in [7, 11) is 3.88. The van der Waals surface area contributed by atoms with Crippen LogP contribution in [-0.2, 0) is 16.6 Å². The minimum Gasteiger partial charge on any atom is -0.480 e. The van der Waals surface area contributed by atoms with E-state index in [1.165, 1.54) is 4.90 Å². The fourth-order valence-electron chi connectivity index (χ4n) is 4.04. The largest absolute Gasteiger partial charge is 0.480 e. The Balaban J connectivity index is 1.77. The maximum atomic E-state index is 12.9. The van der Waals surface area contributed by atoms with Crippen molar-refractivity contribution in [2.24, 2.45) is 7.05 Å². The maximum Gasteiger partial charge on any atom is 0.323 e. The second-order valence-corrected chi connectivity index (χ2v) is 7.34. The molecule has 0 bridgehead atoms. The third-order valence-corrected chi connectivity index (χ3v) is 5.78. The first-order valence-corrected chi connectivity index (χ1v) is 8.94. The van der Waals surface area contributed by atoms with Crippen molar-refractivity contribution in [3.05, 3.63) is 24.0 Å². The van der Waals surface area contributed by atoms with Gasteiger partial charge in [-0.25, -0.2) is 0 Å². The minimum atomic E-state index is -0.994. The molecule has 8 heteroatoms. The Labute approximate surface area is 153 Å². The van der Waals surface area contributed by atoms with Crippen LogP contribution in [-0.4, -0.2) is 87.5 Å². The third-order valence-electron chi connectivity index (χ3n) is 5.78. The summed E-state index contributed by atoms with van der Waals surface area (Å²) in [5.41, 5.74) is 0.365. The molecule has 3 heterocycles. The van der Waals surface area contributed by atoms with Crippen LogP contribution in [0.2, 0.25) is 0 Å². The molecule has 1 aromatic rings. The van der Waals surface area contributed by atoms with Crippen LogP contribution in [0.1, 0.15) is 29.8 Å². The molecule has 2 saturated heterocycles. The Morgan fingerprint density at radius 3 is 2.62 bits per heavy atom. The lowest BCUT2D eigenvalue weighted by molar-refractivity contribution is -0.144. The number of hydrogen-bond donors (Lipinski definition) is 1. The van der Waals surface area contributed by atoms with Gasteiger partial charge in [-0.15, -0.1) is 0 Å².